The molecule has 1 saturated heterocycles. The van der Waals surface area contributed by atoms with E-state index in [1.165, 1.54) is 12.8 Å². The highest BCUT2D eigenvalue weighted by atomic mass is 16.2. The van der Waals surface area contributed by atoms with Crippen molar-refractivity contribution < 1.29 is 4.79 Å². The summed E-state index contributed by atoms with van der Waals surface area (Å²) in [5.41, 5.74) is 1.02. The first-order valence-corrected chi connectivity index (χ1v) is 9.82. The molecule has 0 aliphatic carbocycles. The largest absolute Gasteiger partial charge is 0.353 e. The summed E-state index contributed by atoms with van der Waals surface area (Å²) in [6.45, 7) is 3.98. The van der Waals surface area contributed by atoms with Crippen LogP contribution in [0.15, 0.2) is 30.3 Å². The number of aromatic nitrogens is 3. The lowest BCUT2D eigenvalue weighted by Crippen LogP contribution is -2.38. The molecular formula is C20H27N5O. The summed E-state index contributed by atoms with van der Waals surface area (Å²) in [4.78, 5) is 15.4. The van der Waals surface area contributed by atoms with Gasteiger partial charge in [0.1, 0.15) is 11.9 Å². The van der Waals surface area contributed by atoms with Crippen LogP contribution in [0.2, 0.25) is 0 Å². The van der Waals surface area contributed by atoms with Crippen LogP contribution in [-0.2, 0) is 11.2 Å². The van der Waals surface area contributed by atoms with Crippen LogP contribution in [-0.4, -0.2) is 51.8 Å². The van der Waals surface area contributed by atoms with Crippen LogP contribution in [0.3, 0.4) is 0 Å². The number of fused-ring (bicyclic) bond motifs is 1. The molecule has 3 heterocycles. The van der Waals surface area contributed by atoms with Crippen LogP contribution >= 0.6 is 0 Å². The Morgan fingerprint density at radius 3 is 2.69 bits per heavy atom. The van der Waals surface area contributed by atoms with Gasteiger partial charge in [-0.15, -0.1) is 10.2 Å². The average Bonchev–Trinajstić information content (AvgIpc) is 3.28. The minimum atomic E-state index is -0.212. The van der Waals surface area contributed by atoms with Crippen LogP contribution in [0, 0.1) is 0 Å². The minimum absolute atomic E-state index is 0.101. The molecule has 26 heavy (non-hydrogen) atoms. The molecular weight excluding hydrogens is 326 g/mol. The lowest BCUT2D eigenvalue weighted by molar-refractivity contribution is -0.124. The lowest BCUT2D eigenvalue weighted by Gasteiger charge is -2.21. The van der Waals surface area contributed by atoms with E-state index >= 15 is 0 Å². The van der Waals surface area contributed by atoms with Crippen molar-refractivity contribution in [2.75, 3.05) is 26.2 Å². The van der Waals surface area contributed by atoms with Gasteiger partial charge in [-0.1, -0.05) is 36.8 Å². The van der Waals surface area contributed by atoms with Gasteiger partial charge in [0.05, 0.1) is 0 Å². The Bertz CT molecular complexity index is 736. The van der Waals surface area contributed by atoms with Crippen molar-refractivity contribution in [3.8, 4) is 11.4 Å². The van der Waals surface area contributed by atoms with E-state index in [0.29, 0.717) is 6.54 Å². The summed E-state index contributed by atoms with van der Waals surface area (Å²) in [7, 11) is 0. The van der Waals surface area contributed by atoms with Gasteiger partial charge < -0.3 is 10.2 Å². The maximum absolute atomic E-state index is 13.0. The molecule has 0 spiro atoms. The Labute approximate surface area is 154 Å². The zero-order valence-corrected chi connectivity index (χ0v) is 15.2. The molecule has 2 aromatic rings. The zero-order chi connectivity index (χ0) is 17.8. The van der Waals surface area contributed by atoms with Crippen molar-refractivity contribution in [1.29, 1.82) is 0 Å². The second-order valence-electron chi connectivity index (χ2n) is 7.28. The van der Waals surface area contributed by atoms with Crippen LogP contribution < -0.4 is 5.32 Å². The molecule has 1 fully saturated rings. The highest BCUT2D eigenvalue weighted by Gasteiger charge is 2.29. The molecule has 0 radical (unpaired) electrons. The smallest absolute Gasteiger partial charge is 0.243 e. The molecule has 0 saturated carbocycles. The summed E-state index contributed by atoms with van der Waals surface area (Å²) in [5.74, 6) is 1.84. The summed E-state index contributed by atoms with van der Waals surface area (Å²) in [6.07, 6.45) is 6.40. The Morgan fingerprint density at radius 2 is 1.88 bits per heavy atom. The third-order valence-electron chi connectivity index (χ3n) is 5.47. The zero-order valence-electron chi connectivity index (χ0n) is 15.2. The predicted molar refractivity (Wildman–Crippen MR) is 101 cm³/mol. The van der Waals surface area contributed by atoms with Crippen LogP contribution in [0.25, 0.3) is 11.4 Å². The molecule has 138 valence electrons. The van der Waals surface area contributed by atoms with Crippen LogP contribution in [0.4, 0.5) is 0 Å². The van der Waals surface area contributed by atoms with Gasteiger partial charge in [0.2, 0.25) is 5.91 Å². The molecule has 1 aromatic heterocycles. The number of hydrogen-bond acceptors (Lipinski definition) is 4. The maximum Gasteiger partial charge on any atom is 0.243 e. The molecule has 2 aliphatic rings. The molecule has 1 atom stereocenters. The summed E-state index contributed by atoms with van der Waals surface area (Å²) < 4.78 is 2.08. The summed E-state index contributed by atoms with van der Waals surface area (Å²) in [5, 5.41) is 12.0. The van der Waals surface area contributed by atoms with Crippen molar-refractivity contribution in [2.24, 2.45) is 0 Å². The van der Waals surface area contributed by atoms with Gasteiger partial charge >= 0.3 is 0 Å². The van der Waals surface area contributed by atoms with Crippen molar-refractivity contribution in [2.45, 2.75) is 44.6 Å². The standard InChI is InChI=1S/C20H27N5O/c26-20(21-12-15-24-13-6-7-14-24)17-10-4-5-11-18-22-23-19(25(17)18)16-8-2-1-3-9-16/h1-3,8-9,17H,4-7,10-15H2,(H,21,26). The summed E-state index contributed by atoms with van der Waals surface area (Å²) >= 11 is 0. The number of carbonyl (C=O) groups excluding carboxylic acids is 1. The number of likely N-dealkylation sites (tertiary alicyclic amines) is 1. The van der Waals surface area contributed by atoms with Gasteiger partial charge in [0.15, 0.2) is 5.82 Å². The number of benzene rings is 1. The number of rotatable bonds is 5. The minimum Gasteiger partial charge on any atom is -0.353 e. The first kappa shape index (κ1) is 17.2. The summed E-state index contributed by atoms with van der Waals surface area (Å²) in [6, 6.07) is 9.84. The third-order valence-corrected chi connectivity index (χ3v) is 5.47. The van der Waals surface area contributed by atoms with E-state index in [9.17, 15) is 4.79 Å². The Hall–Kier alpha value is -2.21. The van der Waals surface area contributed by atoms with Gasteiger partial charge in [0.25, 0.3) is 0 Å². The van der Waals surface area contributed by atoms with Crippen molar-refractivity contribution in [3.63, 3.8) is 0 Å². The maximum atomic E-state index is 13.0. The molecule has 2 aliphatic heterocycles. The van der Waals surface area contributed by atoms with Crippen LogP contribution in [0.1, 0.15) is 44.0 Å². The van der Waals surface area contributed by atoms with Gasteiger partial charge in [-0.25, -0.2) is 0 Å². The Kier molecular flexibility index (Phi) is 5.29. The third kappa shape index (κ3) is 3.65. The number of nitrogens with zero attached hydrogens (tertiary/aromatic N) is 4. The molecule has 6 nitrogen and oxygen atoms in total. The van der Waals surface area contributed by atoms with Crippen LogP contribution in [0.5, 0.6) is 0 Å². The van der Waals surface area contributed by atoms with Gasteiger partial charge in [0, 0.05) is 25.1 Å². The lowest BCUT2D eigenvalue weighted by atomic mass is 10.1. The molecule has 6 heteroatoms. The van der Waals surface area contributed by atoms with E-state index in [1.54, 1.807) is 0 Å². The van der Waals surface area contributed by atoms with Crippen molar-refractivity contribution >= 4 is 5.91 Å². The van der Waals surface area contributed by atoms with Gasteiger partial charge in [-0.2, -0.15) is 0 Å². The van der Waals surface area contributed by atoms with E-state index in [1.807, 2.05) is 30.3 Å². The van der Waals surface area contributed by atoms with E-state index in [-0.39, 0.29) is 11.9 Å². The molecule has 1 amide bonds. The van der Waals surface area contributed by atoms with Crippen molar-refractivity contribution in [1.82, 2.24) is 25.0 Å². The predicted octanol–water partition coefficient (Wildman–Crippen LogP) is 2.42. The molecule has 0 bridgehead atoms. The Morgan fingerprint density at radius 1 is 1.08 bits per heavy atom. The fraction of sp³-hybridized carbons (Fsp3) is 0.550. The topological polar surface area (TPSA) is 63.1 Å². The molecule has 4 rings (SSSR count). The van der Waals surface area contributed by atoms with Crippen molar-refractivity contribution in [3.05, 3.63) is 36.2 Å². The molecule has 1 aromatic carbocycles. The second kappa shape index (κ2) is 7.99. The van der Waals surface area contributed by atoms with E-state index in [2.05, 4.69) is 25.0 Å². The molecule has 1 unspecified atom stereocenters. The first-order chi connectivity index (χ1) is 12.8. The molecule has 1 N–H and O–H groups in total. The van der Waals surface area contributed by atoms with E-state index < -0.39 is 0 Å². The fourth-order valence-electron chi connectivity index (χ4n) is 4.07. The number of nitrogens with one attached hydrogen (secondary N) is 1. The highest BCUT2D eigenvalue weighted by Crippen LogP contribution is 2.29. The number of aryl methyl sites for hydroxylation is 1. The van der Waals surface area contributed by atoms with E-state index in [4.69, 9.17) is 0 Å². The number of amides is 1. The number of hydrogen-bond donors (Lipinski definition) is 1. The van der Waals surface area contributed by atoms with E-state index in [0.717, 1.165) is 62.5 Å². The highest BCUT2D eigenvalue weighted by molar-refractivity contribution is 5.81. The second-order valence-corrected chi connectivity index (χ2v) is 7.28. The Balaban J connectivity index is 1.51. The quantitative estimate of drug-likeness (QED) is 0.897. The monoisotopic (exact) mass is 353 g/mol. The number of carbonyl (C=O) groups is 1. The average molecular weight is 353 g/mol. The normalized spacial score (nSPS) is 20.5. The SMILES string of the molecule is O=C(NCCN1CCCC1)C1CCCCc2nnc(-c3ccccc3)n21. The first-order valence-electron chi connectivity index (χ1n) is 9.82. The fourth-order valence-corrected chi connectivity index (χ4v) is 4.07. The van der Waals surface area contributed by atoms with Gasteiger partial charge in [-0.3, -0.25) is 9.36 Å². The van der Waals surface area contributed by atoms with Gasteiger partial charge in [-0.05, 0) is 38.8 Å².